The normalized spacial score (nSPS) is 29.7. The van der Waals surface area contributed by atoms with Crippen molar-refractivity contribution < 1.29 is 9.53 Å². The lowest BCUT2D eigenvalue weighted by molar-refractivity contribution is -0.122. The Hall–Kier alpha value is -0.320. The first kappa shape index (κ1) is 15.7. The minimum absolute atomic E-state index is 0. The summed E-state index contributed by atoms with van der Waals surface area (Å²) in [6.07, 6.45) is 6.58. The van der Waals surface area contributed by atoms with Gasteiger partial charge in [0.15, 0.2) is 0 Å². The molecule has 2 bridgehead atoms. The van der Waals surface area contributed by atoms with E-state index < -0.39 is 0 Å². The van der Waals surface area contributed by atoms with Crippen LogP contribution in [0.25, 0.3) is 0 Å². The van der Waals surface area contributed by atoms with Gasteiger partial charge in [0.05, 0.1) is 0 Å². The summed E-state index contributed by atoms with van der Waals surface area (Å²) >= 11 is 0. The molecule has 0 saturated carbocycles. The van der Waals surface area contributed by atoms with Crippen molar-refractivity contribution in [3.05, 3.63) is 0 Å². The van der Waals surface area contributed by atoms with Gasteiger partial charge in [0, 0.05) is 38.8 Å². The molecular formula is C13H25ClN2O2. The first-order valence-corrected chi connectivity index (χ1v) is 6.79. The van der Waals surface area contributed by atoms with Crippen LogP contribution in [0.1, 0.15) is 38.5 Å². The Morgan fingerprint density at radius 2 is 2.00 bits per heavy atom. The predicted octanol–water partition coefficient (Wildman–Crippen LogP) is 1.48. The molecule has 0 aromatic heterocycles. The van der Waals surface area contributed by atoms with Gasteiger partial charge in [0.2, 0.25) is 5.91 Å². The fourth-order valence-electron chi connectivity index (χ4n) is 3.12. The van der Waals surface area contributed by atoms with Crippen LogP contribution in [0.4, 0.5) is 0 Å². The van der Waals surface area contributed by atoms with Gasteiger partial charge in [-0.25, -0.2) is 0 Å². The summed E-state index contributed by atoms with van der Waals surface area (Å²) in [7, 11) is 1.69. The van der Waals surface area contributed by atoms with Gasteiger partial charge in [0.25, 0.3) is 0 Å². The van der Waals surface area contributed by atoms with Crippen LogP contribution < -0.4 is 10.6 Å². The third kappa shape index (κ3) is 4.75. The van der Waals surface area contributed by atoms with Crippen LogP contribution in [0.15, 0.2) is 0 Å². The lowest BCUT2D eigenvalue weighted by atomic mass is 9.89. The number of rotatable bonds is 6. The molecule has 2 atom stereocenters. The second-order valence-corrected chi connectivity index (χ2v) is 5.38. The van der Waals surface area contributed by atoms with Crippen molar-refractivity contribution in [2.75, 3.05) is 20.3 Å². The summed E-state index contributed by atoms with van der Waals surface area (Å²) in [5.41, 5.74) is 0. The zero-order valence-corrected chi connectivity index (χ0v) is 11.9. The molecule has 2 heterocycles. The smallest absolute Gasteiger partial charge is 0.220 e. The van der Waals surface area contributed by atoms with Gasteiger partial charge in [-0.3, -0.25) is 4.79 Å². The third-order valence-corrected chi connectivity index (χ3v) is 3.89. The lowest BCUT2D eigenvalue weighted by Crippen LogP contribution is -2.39. The Kier molecular flexibility index (Phi) is 6.97. The summed E-state index contributed by atoms with van der Waals surface area (Å²) in [4.78, 5) is 11.7. The molecule has 1 amide bonds. The summed E-state index contributed by atoms with van der Waals surface area (Å²) in [6, 6.07) is 1.36. The largest absolute Gasteiger partial charge is 0.385 e. The van der Waals surface area contributed by atoms with Crippen LogP contribution in [0.3, 0.4) is 0 Å². The monoisotopic (exact) mass is 276 g/mol. The van der Waals surface area contributed by atoms with Gasteiger partial charge in [-0.05, 0) is 38.0 Å². The molecule has 2 unspecified atom stereocenters. The number of carbonyl (C=O) groups is 1. The Labute approximate surface area is 116 Å². The second-order valence-electron chi connectivity index (χ2n) is 5.38. The highest BCUT2D eigenvalue weighted by molar-refractivity contribution is 5.85. The van der Waals surface area contributed by atoms with Gasteiger partial charge in [0.1, 0.15) is 0 Å². The van der Waals surface area contributed by atoms with E-state index >= 15 is 0 Å². The highest BCUT2D eigenvalue weighted by Gasteiger charge is 2.33. The summed E-state index contributed by atoms with van der Waals surface area (Å²) in [5, 5.41) is 6.58. The number of halogens is 1. The Morgan fingerprint density at radius 1 is 1.33 bits per heavy atom. The number of piperidine rings is 1. The van der Waals surface area contributed by atoms with Gasteiger partial charge in [-0.15, -0.1) is 12.4 Å². The molecule has 5 heteroatoms. The van der Waals surface area contributed by atoms with E-state index in [1.165, 1.54) is 25.7 Å². The molecule has 2 aliphatic rings. The molecule has 0 spiro atoms. The number of hydrogen-bond acceptors (Lipinski definition) is 3. The zero-order chi connectivity index (χ0) is 12.1. The number of ether oxygens (including phenoxy) is 1. The van der Waals surface area contributed by atoms with E-state index in [0.29, 0.717) is 24.4 Å². The van der Waals surface area contributed by atoms with E-state index in [0.717, 1.165) is 19.6 Å². The minimum Gasteiger partial charge on any atom is -0.385 e. The highest BCUT2D eigenvalue weighted by atomic mass is 35.5. The van der Waals surface area contributed by atoms with E-state index in [4.69, 9.17) is 4.74 Å². The predicted molar refractivity (Wildman–Crippen MR) is 74.0 cm³/mol. The molecule has 0 aromatic rings. The van der Waals surface area contributed by atoms with Gasteiger partial charge in [-0.1, -0.05) is 0 Å². The number of amides is 1. The van der Waals surface area contributed by atoms with Crippen molar-refractivity contribution in [1.29, 1.82) is 0 Å². The molecule has 0 radical (unpaired) electrons. The van der Waals surface area contributed by atoms with E-state index in [1.807, 2.05) is 0 Å². The van der Waals surface area contributed by atoms with E-state index in [-0.39, 0.29) is 18.3 Å². The molecule has 2 N–H and O–H groups in total. The Balaban J connectivity index is 0.00000162. The maximum atomic E-state index is 11.7. The molecule has 18 heavy (non-hydrogen) atoms. The molecule has 2 aliphatic heterocycles. The summed E-state index contributed by atoms with van der Waals surface area (Å²) in [5.74, 6) is 0.809. The molecule has 106 valence electrons. The molecule has 2 rings (SSSR count). The third-order valence-electron chi connectivity index (χ3n) is 3.89. The zero-order valence-electron chi connectivity index (χ0n) is 11.1. The fraction of sp³-hybridized carbons (Fsp3) is 0.923. The van der Waals surface area contributed by atoms with Crippen LogP contribution in [0.2, 0.25) is 0 Å². The maximum absolute atomic E-state index is 11.7. The fourth-order valence-corrected chi connectivity index (χ4v) is 3.12. The quantitative estimate of drug-likeness (QED) is 0.723. The van der Waals surface area contributed by atoms with Crippen LogP contribution in [-0.2, 0) is 9.53 Å². The minimum atomic E-state index is 0. The number of methoxy groups -OCH3 is 1. The van der Waals surface area contributed by atoms with Crippen molar-refractivity contribution in [3.8, 4) is 0 Å². The molecule has 0 aromatic carbocycles. The van der Waals surface area contributed by atoms with Crippen molar-refractivity contribution in [3.63, 3.8) is 0 Å². The van der Waals surface area contributed by atoms with E-state index in [9.17, 15) is 4.79 Å². The lowest BCUT2D eigenvalue weighted by Gasteiger charge is -2.28. The van der Waals surface area contributed by atoms with Crippen LogP contribution in [-0.4, -0.2) is 38.3 Å². The molecule has 2 fully saturated rings. The number of fused-ring (bicyclic) bond motifs is 2. The number of hydrogen-bond donors (Lipinski definition) is 2. The van der Waals surface area contributed by atoms with Crippen molar-refractivity contribution >= 4 is 18.3 Å². The van der Waals surface area contributed by atoms with Gasteiger partial charge < -0.3 is 15.4 Å². The van der Waals surface area contributed by atoms with Gasteiger partial charge in [-0.2, -0.15) is 0 Å². The van der Waals surface area contributed by atoms with Crippen molar-refractivity contribution in [2.24, 2.45) is 5.92 Å². The number of carbonyl (C=O) groups excluding carboxylic acids is 1. The van der Waals surface area contributed by atoms with Crippen LogP contribution in [0.5, 0.6) is 0 Å². The topological polar surface area (TPSA) is 50.4 Å². The standard InChI is InChI=1S/C13H24N2O2.ClH/c1-17-6-2-5-14-13(16)9-10-7-11-3-4-12(8-10)15-11;/h10-12,15H,2-9H2,1H3,(H,14,16);1H. The maximum Gasteiger partial charge on any atom is 0.220 e. The first-order chi connectivity index (χ1) is 8.28. The highest BCUT2D eigenvalue weighted by Crippen LogP contribution is 2.32. The summed E-state index contributed by atoms with van der Waals surface area (Å²) < 4.78 is 4.95. The molecular weight excluding hydrogens is 252 g/mol. The summed E-state index contributed by atoms with van der Waals surface area (Å²) in [6.45, 7) is 1.46. The van der Waals surface area contributed by atoms with Crippen molar-refractivity contribution in [1.82, 2.24) is 10.6 Å². The SMILES string of the molecule is COCCCNC(=O)CC1CC2CCC(C1)N2.Cl. The van der Waals surface area contributed by atoms with Gasteiger partial charge >= 0.3 is 0 Å². The van der Waals surface area contributed by atoms with Crippen LogP contribution in [0, 0.1) is 5.92 Å². The average Bonchev–Trinajstić information content (AvgIpc) is 2.64. The molecule has 2 saturated heterocycles. The van der Waals surface area contributed by atoms with Crippen molar-refractivity contribution in [2.45, 2.75) is 50.6 Å². The average molecular weight is 277 g/mol. The molecule has 0 aliphatic carbocycles. The van der Waals surface area contributed by atoms with E-state index in [2.05, 4.69) is 10.6 Å². The Bertz CT molecular complexity index is 251. The van der Waals surface area contributed by atoms with E-state index in [1.54, 1.807) is 7.11 Å². The second kappa shape index (κ2) is 7.97. The number of nitrogens with one attached hydrogen (secondary N) is 2. The van der Waals surface area contributed by atoms with Crippen LogP contribution >= 0.6 is 12.4 Å². The Morgan fingerprint density at radius 3 is 2.61 bits per heavy atom. The molecule has 4 nitrogen and oxygen atoms in total. The first-order valence-electron chi connectivity index (χ1n) is 6.79.